The summed E-state index contributed by atoms with van der Waals surface area (Å²) < 4.78 is 0. The van der Waals surface area contributed by atoms with Gasteiger partial charge in [-0.2, -0.15) is 0 Å². The molecule has 80 valence electrons. The van der Waals surface area contributed by atoms with E-state index < -0.39 is 0 Å². The smallest absolute Gasteiger partial charge is 0.194 e. The Labute approximate surface area is 95.9 Å². The molecule has 0 unspecified atom stereocenters. The van der Waals surface area contributed by atoms with Gasteiger partial charge in [0, 0.05) is 5.69 Å². The molecule has 1 aromatic rings. The average Bonchev–Trinajstić information content (AvgIpc) is 2.08. The van der Waals surface area contributed by atoms with Crippen LogP contribution in [0.25, 0.3) is 0 Å². The molecule has 0 saturated carbocycles. The van der Waals surface area contributed by atoms with Crippen LogP contribution in [0.5, 0.6) is 0 Å². The molecule has 0 spiro atoms. The van der Waals surface area contributed by atoms with Crippen LogP contribution >= 0.6 is 24.8 Å². The van der Waals surface area contributed by atoms with Gasteiger partial charge in [-0.05, 0) is 25.5 Å². The molecule has 0 radical (unpaired) electrons. The van der Waals surface area contributed by atoms with Crippen molar-refractivity contribution in [1.82, 2.24) is 4.98 Å². The Balaban J connectivity index is 0. The third kappa shape index (κ3) is 3.62. The van der Waals surface area contributed by atoms with Crippen molar-refractivity contribution in [1.29, 1.82) is 0 Å². The lowest BCUT2D eigenvalue weighted by Gasteiger charge is -2.02. The summed E-state index contributed by atoms with van der Waals surface area (Å²) in [5.41, 5.74) is 7.46. The van der Waals surface area contributed by atoms with Gasteiger partial charge in [-0.15, -0.1) is 24.8 Å². The van der Waals surface area contributed by atoms with E-state index in [9.17, 15) is 4.79 Å². The Morgan fingerprint density at radius 2 is 1.93 bits per heavy atom. The molecule has 2 N–H and O–H groups in total. The van der Waals surface area contributed by atoms with E-state index in [2.05, 4.69) is 4.98 Å². The van der Waals surface area contributed by atoms with E-state index in [1.165, 1.54) is 0 Å². The molecule has 0 aliphatic rings. The summed E-state index contributed by atoms with van der Waals surface area (Å²) >= 11 is 0. The summed E-state index contributed by atoms with van der Waals surface area (Å²) in [5.74, 6) is -0.101. The zero-order valence-corrected chi connectivity index (χ0v) is 9.74. The van der Waals surface area contributed by atoms with Gasteiger partial charge in [0.25, 0.3) is 0 Å². The number of aryl methyl sites for hydroxylation is 2. The summed E-state index contributed by atoms with van der Waals surface area (Å²) in [4.78, 5) is 15.3. The highest BCUT2D eigenvalue weighted by atomic mass is 35.5. The molecule has 0 aromatic carbocycles. The zero-order chi connectivity index (χ0) is 9.14. The quantitative estimate of drug-likeness (QED) is 0.796. The van der Waals surface area contributed by atoms with Gasteiger partial charge in [0.05, 0.1) is 6.54 Å². The molecule has 1 aromatic heterocycles. The van der Waals surface area contributed by atoms with Gasteiger partial charge in [0.15, 0.2) is 5.78 Å². The van der Waals surface area contributed by atoms with Crippen LogP contribution in [0.4, 0.5) is 0 Å². The lowest BCUT2D eigenvalue weighted by Crippen LogP contribution is -2.16. The number of carbonyl (C=O) groups excluding carboxylic acids is 1. The van der Waals surface area contributed by atoms with E-state index in [4.69, 9.17) is 5.73 Å². The van der Waals surface area contributed by atoms with Crippen molar-refractivity contribution in [2.75, 3.05) is 6.54 Å². The molecule has 3 nitrogen and oxygen atoms in total. The second-order valence-corrected chi connectivity index (χ2v) is 2.75. The second-order valence-electron chi connectivity index (χ2n) is 2.75. The number of hydrogen-bond acceptors (Lipinski definition) is 3. The number of rotatable bonds is 2. The first-order valence-electron chi connectivity index (χ1n) is 3.82. The van der Waals surface area contributed by atoms with Gasteiger partial charge in [-0.25, -0.2) is 4.98 Å². The van der Waals surface area contributed by atoms with E-state index in [-0.39, 0.29) is 37.1 Å². The van der Waals surface area contributed by atoms with Gasteiger partial charge < -0.3 is 5.73 Å². The van der Waals surface area contributed by atoms with Gasteiger partial charge >= 0.3 is 0 Å². The molecule has 14 heavy (non-hydrogen) atoms. The highest BCUT2D eigenvalue weighted by Crippen LogP contribution is 2.05. The molecule has 1 rings (SSSR count). The average molecular weight is 237 g/mol. The summed E-state index contributed by atoms with van der Waals surface area (Å²) in [7, 11) is 0. The third-order valence-electron chi connectivity index (χ3n) is 1.69. The first kappa shape index (κ1) is 15.8. The number of nitrogens with two attached hydrogens (primary N) is 1. The minimum Gasteiger partial charge on any atom is -0.324 e. The summed E-state index contributed by atoms with van der Waals surface area (Å²) in [5, 5.41) is 0. The number of ketones is 1. The first-order chi connectivity index (χ1) is 5.65. The highest BCUT2D eigenvalue weighted by molar-refractivity contribution is 5.96. The van der Waals surface area contributed by atoms with Crippen LogP contribution in [-0.4, -0.2) is 17.3 Å². The molecule has 0 fully saturated rings. The fourth-order valence-electron chi connectivity index (χ4n) is 1.01. The molecular formula is C9H14Cl2N2O. The Morgan fingerprint density at radius 3 is 2.43 bits per heavy atom. The van der Waals surface area contributed by atoms with Crippen LogP contribution < -0.4 is 5.73 Å². The lowest BCUT2D eigenvalue weighted by molar-refractivity contribution is 0.0996. The number of pyridine rings is 1. The third-order valence-corrected chi connectivity index (χ3v) is 1.69. The van der Waals surface area contributed by atoms with Crippen LogP contribution in [0.2, 0.25) is 0 Å². The maximum absolute atomic E-state index is 11.2. The minimum atomic E-state index is -0.101. The molecule has 1 heterocycles. The van der Waals surface area contributed by atoms with Crippen molar-refractivity contribution in [2.45, 2.75) is 13.8 Å². The monoisotopic (exact) mass is 236 g/mol. The van der Waals surface area contributed by atoms with Crippen molar-refractivity contribution in [3.05, 3.63) is 29.1 Å². The molecule has 0 saturated heterocycles. The maximum atomic E-state index is 11.2. The molecule has 0 aliphatic carbocycles. The summed E-state index contributed by atoms with van der Waals surface area (Å²) in [6, 6.07) is 3.76. The van der Waals surface area contributed by atoms with Gasteiger partial charge in [0.2, 0.25) is 0 Å². The van der Waals surface area contributed by atoms with Gasteiger partial charge in [0.1, 0.15) is 5.69 Å². The number of halogens is 2. The molecular weight excluding hydrogens is 223 g/mol. The Morgan fingerprint density at radius 1 is 1.36 bits per heavy atom. The highest BCUT2D eigenvalue weighted by Gasteiger charge is 2.07. The van der Waals surface area contributed by atoms with E-state index in [0.717, 1.165) is 11.3 Å². The number of hydrogen-bond donors (Lipinski definition) is 1. The summed E-state index contributed by atoms with van der Waals surface area (Å²) in [6.07, 6.45) is 0. The molecule has 0 aliphatic heterocycles. The normalized spacial score (nSPS) is 8.50. The number of nitrogens with zero attached hydrogens (tertiary/aromatic N) is 1. The van der Waals surface area contributed by atoms with Gasteiger partial charge in [-0.1, -0.05) is 6.07 Å². The fourth-order valence-corrected chi connectivity index (χ4v) is 1.01. The topological polar surface area (TPSA) is 56.0 Å². The number of aromatic nitrogens is 1. The van der Waals surface area contributed by atoms with E-state index in [1.807, 2.05) is 26.0 Å². The Bertz CT molecular complexity index is 316. The molecule has 0 bridgehead atoms. The van der Waals surface area contributed by atoms with E-state index >= 15 is 0 Å². The van der Waals surface area contributed by atoms with E-state index in [0.29, 0.717) is 5.69 Å². The Hall–Kier alpha value is -0.640. The van der Waals surface area contributed by atoms with Crippen molar-refractivity contribution >= 4 is 30.6 Å². The summed E-state index contributed by atoms with van der Waals surface area (Å²) in [6.45, 7) is 3.74. The van der Waals surface area contributed by atoms with Crippen molar-refractivity contribution in [2.24, 2.45) is 5.73 Å². The molecule has 0 amide bonds. The van der Waals surface area contributed by atoms with Crippen LogP contribution in [-0.2, 0) is 0 Å². The maximum Gasteiger partial charge on any atom is 0.194 e. The van der Waals surface area contributed by atoms with E-state index in [1.54, 1.807) is 0 Å². The van der Waals surface area contributed by atoms with Crippen LogP contribution in [0.3, 0.4) is 0 Å². The minimum absolute atomic E-state index is 0. The van der Waals surface area contributed by atoms with Crippen LogP contribution in [0.1, 0.15) is 21.7 Å². The zero-order valence-electron chi connectivity index (χ0n) is 8.11. The Kier molecular flexibility index (Phi) is 7.64. The number of carbonyl (C=O) groups is 1. The van der Waals surface area contributed by atoms with Crippen LogP contribution in [0, 0.1) is 13.8 Å². The second kappa shape index (κ2) is 6.76. The fraction of sp³-hybridized carbons (Fsp3) is 0.333. The molecule has 5 heteroatoms. The van der Waals surface area contributed by atoms with Crippen molar-refractivity contribution in [3.8, 4) is 0 Å². The van der Waals surface area contributed by atoms with Crippen molar-refractivity contribution < 1.29 is 4.79 Å². The largest absolute Gasteiger partial charge is 0.324 e. The van der Waals surface area contributed by atoms with Crippen molar-refractivity contribution in [3.63, 3.8) is 0 Å². The predicted octanol–water partition coefficient (Wildman–Crippen LogP) is 1.68. The molecule has 0 atom stereocenters. The standard InChI is InChI=1S/C9H12N2O.2ClH/c1-6-3-4-7(2)11-9(6)8(12)5-10;;/h3-4H,5,10H2,1-2H3;2*1H. The first-order valence-corrected chi connectivity index (χ1v) is 3.82. The van der Waals surface area contributed by atoms with Crippen LogP contribution in [0.15, 0.2) is 12.1 Å². The lowest BCUT2D eigenvalue weighted by atomic mass is 10.1. The SMILES string of the molecule is Cc1ccc(C)c(C(=O)CN)n1.Cl.Cl. The predicted molar refractivity (Wildman–Crippen MR) is 61.6 cm³/mol. The number of Topliss-reactive ketones (excluding diaryl/α,β-unsaturated/α-hetero) is 1. The van der Waals surface area contributed by atoms with Gasteiger partial charge in [-0.3, -0.25) is 4.79 Å².